The summed E-state index contributed by atoms with van der Waals surface area (Å²) in [5, 5.41) is 12.9. The van der Waals surface area contributed by atoms with Gasteiger partial charge in [-0.25, -0.2) is 0 Å². The number of para-hydroxylation sites is 2. The number of rotatable bonds is 14. The van der Waals surface area contributed by atoms with Crippen LogP contribution in [0.15, 0.2) is 352 Å². The second-order valence-electron chi connectivity index (χ2n) is 27.5. The van der Waals surface area contributed by atoms with Gasteiger partial charge in [-0.2, -0.15) is 0 Å². The molecule has 2 aliphatic heterocycles. The Balaban J connectivity index is 0.850. The maximum Gasteiger partial charge on any atom is 0.252 e. The van der Waals surface area contributed by atoms with Crippen molar-refractivity contribution in [2.75, 3.05) is 22.9 Å². The van der Waals surface area contributed by atoms with Gasteiger partial charge in [0.2, 0.25) is 0 Å². The number of hydrogen-bond acceptors (Lipinski definition) is 2. The van der Waals surface area contributed by atoms with Crippen LogP contribution < -0.4 is 26.2 Å². The average Bonchev–Trinajstić information content (AvgIpc) is 1.18. The van der Waals surface area contributed by atoms with Crippen molar-refractivity contribution in [1.82, 2.24) is 4.57 Å². The predicted octanol–water partition coefficient (Wildman–Crippen LogP) is 22.8. The van der Waals surface area contributed by atoms with E-state index in [1.807, 2.05) is 0 Å². The van der Waals surface area contributed by atoms with Gasteiger partial charge in [-0.1, -0.05) is 315 Å². The van der Waals surface area contributed by atoms with Gasteiger partial charge in [0.15, 0.2) is 0 Å². The normalized spacial score (nSPS) is 12.5. The number of nitrogens with zero attached hydrogens (tertiary/aromatic N) is 3. The lowest BCUT2D eigenvalue weighted by Crippen LogP contribution is -2.62. The first-order valence-electron chi connectivity index (χ1n) is 35.7. The molecule has 0 saturated carbocycles. The zero-order valence-electron chi connectivity index (χ0n) is 55.9. The maximum absolute atomic E-state index is 2.77. The highest BCUT2D eigenvalue weighted by molar-refractivity contribution is 7.00. The Bertz CT molecular complexity index is 6020. The third-order valence-electron chi connectivity index (χ3n) is 22.2. The van der Waals surface area contributed by atoms with E-state index in [0.717, 1.165) is 19.4 Å². The smallest absolute Gasteiger partial charge is 0.252 e. The Morgan fingerprint density at radius 3 is 1.21 bits per heavy atom. The minimum atomic E-state index is -0.112. The molecule has 17 aromatic carbocycles. The molecule has 101 heavy (non-hydrogen) atoms. The van der Waals surface area contributed by atoms with E-state index in [0.29, 0.717) is 13.1 Å². The fraction of sp³-hybridized carbons (Fsp3) is 0.0515. The number of aromatic nitrogens is 1. The molecule has 0 saturated heterocycles. The molecule has 0 N–H and O–H groups in total. The van der Waals surface area contributed by atoms with Crippen LogP contribution in [-0.4, -0.2) is 24.4 Å². The molecule has 2 aliphatic rings. The number of anilines is 4. The third-order valence-corrected chi connectivity index (χ3v) is 22.2. The van der Waals surface area contributed by atoms with Crippen molar-refractivity contribution in [2.24, 2.45) is 0 Å². The summed E-state index contributed by atoms with van der Waals surface area (Å²) in [6.45, 7) is 2.01. The zero-order valence-corrected chi connectivity index (χ0v) is 55.9. The Kier molecular flexibility index (Phi) is 14.0. The van der Waals surface area contributed by atoms with Crippen molar-refractivity contribution >= 4 is 111 Å². The summed E-state index contributed by atoms with van der Waals surface area (Å²) in [5.41, 5.74) is 30.2. The second kappa shape index (κ2) is 24.2. The summed E-state index contributed by atoms with van der Waals surface area (Å²) >= 11 is 0. The van der Waals surface area contributed by atoms with Crippen LogP contribution >= 0.6 is 0 Å². The van der Waals surface area contributed by atoms with Crippen LogP contribution in [0.25, 0.3) is 132 Å². The molecule has 4 heteroatoms. The van der Waals surface area contributed by atoms with Crippen LogP contribution in [0.4, 0.5) is 22.7 Å². The van der Waals surface area contributed by atoms with E-state index in [9.17, 15) is 0 Å². The van der Waals surface area contributed by atoms with E-state index in [1.54, 1.807) is 0 Å². The van der Waals surface area contributed by atoms with Crippen LogP contribution in [0.3, 0.4) is 0 Å². The SMILES string of the molecule is c1ccc(-c2ccc3c(c2)B2c4ccc(-c5ccc6c7cccc8cccc(c9cccc5c96)c87)cc4N(CCc4c(-c5ccccc5)cccc4-c4ccccc4)c4cc(Cn5c6ccccc6c6ccccc65)cc(c42)N3CCc2c(-c3ccccc3)cccc2-c2ccccc2)cc1. The molecule has 0 radical (unpaired) electrons. The van der Waals surface area contributed by atoms with Crippen LogP contribution in [0.1, 0.15) is 16.7 Å². The van der Waals surface area contributed by atoms with Crippen LogP contribution in [-0.2, 0) is 19.4 Å². The monoisotopic (exact) mass is 1290 g/mol. The fourth-order valence-corrected chi connectivity index (χ4v) is 17.7. The van der Waals surface area contributed by atoms with Gasteiger partial charge in [0, 0.05) is 64.2 Å². The Hall–Kier alpha value is -12.5. The van der Waals surface area contributed by atoms with E-state index in [-0.39, 0.29) is 6.71 Å². The lowest BCUT2D eigenvalue weighted by molar-refractivity contribution is 0.860. The topological polar surface area (TPSA) is 11.4 Å². The van der Waals surface area contributed by atoms with Gasteiger partial charge >= 0.3 is 0 Å². The molecule has 0 spiro atoms. The largest absolute Gasteiger partial charge is 0.342 e. The minimum absolute atomic E-state index is 0.112. The molecule has 0 fully saturated rings. The van der Waals surface area contributed by atoms with Crippen molar-refractivity contribution < 1.29 is 0 Å². The first-order valence-corrected chi connectivity index (χ1v) is 35.7. The highest BCUT2D eigenvalue weighted by Gasteiger charge is 2.43. The van der Waals surface area contributed by atoms with Crippen LogP contribution in [0.2, 0.25) is 0 Å². The highest BCUT2D eigenvalue weighted by Crippen LogP contribution is 2.47. The summed E-state index contributed by atoms with van der Waals surface area (Å²) in [4.78, 5) is 5.50. The van der Waals surface area contributed by atoms with Crippen LogP contribution in [0, 0.1) is 0 Å². The number of fused-ring (bicyclic) bond motifs is 9. The fourth-order valence-electron chi connectivity index (χ4n) is 17.7. The second-order valence-corrected chi connectivity index (χ2v) is 27.5. The van der Waals surface area contributed by atoms with Gasteiger partial charge in [0.25, 0.3) is 6.71 Å². The lowest BCUT2D eigenvalue weighted by atomic mass is 9.33. The molecule has 474 valence electrons. The summed E-state index contributed by atoms with van der Waals surface area (Å²) in [7, 11) is 0. The molecule has 0 amide bonds. The molecule has 0 aliphatic carbocycles. The number of benzene rings is 17. The molecule has 20 rings (SSSR count). The minimum Gasteiger partial charge on any atom is -0.342 e. The van der Waals surface area contributed by atoms with Gasteiger partial charge < -0.3 is 14.4 Å². The molecule has 0 atom stereocenters. The molecule has 3 heterocycles. The molecule has 1 aromatic heterocycles. The average molecular weight is 1290 g/mol. The number of hydrogen-bond donors (Lipinski definition) is 0. The summed E-state index contributed by atoms with van der Waals surface area (Å²) in [6.07, 6.45) is 1.57. The Morgan fingerprint density at radius 1 is 0.248 bits per heavy atom. The molecule has 3 nitrogen and oxygen atoms in total. The van der Waals surface area contributed by atoms with Crippen molar-refractivity contribution in [3.63, 3.8) is 0 Å². The highest BCUT2D eigenvalue weighted by atomic mass is 15.2. The molecule has 0 unspecified atom stereocenters. The maximum atomic E-state index is 2.77. The van der Waals surface area contributed by atoms with E-state index < -0.39 is 0 Å². The standard InChI is InChI=1S/C97H68BN3/c1-6-25-65(26-7-1)71-50-54-91-88(61-71)98-87-53-49-72(77-51-52-86-84-44-21-36-70-35-20-43-83(95(70)84)85-46-24-45-82(77)96(85)86)62-92(87)100(58-56-79-75(68-31-12-4-13-32-68)41-23-42-76(79)69-33-14-5-15-34-69)94-60-64(63-101-89-47-18-16-37-80(89)81-38-17-19-48-90(81)101)59-93(97(94)98)99(91)57-55-78-73(66-27-8-2-9-28-66)39-22-40-74(78)67-29-10-3-11-30-67/h1-54,59-62H,55-58,63H2. The zero-order chi connectivity index (χ0) is 66.5. The Labute approximate surface area is 589 Å². The van der Waals surface area contributed by atoms with E-state index >= 15 is 0 Å². The van der Waals surface area contributed by atoms with Crippen molar-refractivity contribution in [3.05, 3.63) is 369 Å². The van der Waals surface area contributed by atoms with Gasteiger partial charge in [-0.3, -0.25) is 0 Å². The lowest BCUT2D eigenvalue weighted by Gasteiger charge is -2.45. The van der Waals surface area contributed by atoms with Gasteiger partial charge in [0.1, 0.15) is 0 Å². The Morgan fingerprint density at radius 2 is 0.673 bits per heavy atom. The predicted molar refractivity (Wildman–Crippen MR) is 431 cm³/mol. The van der Waals surface area contributed by atoms with E-state index in [4.69, 9.17) is 0 Å². The molecular weight excluding hydrogens is 1220 g/mol. The van der Waals surface area contributed by atoms with Gasteiger partial charge in [-0.15, -0.1) is 0 Å². The van der Waals surface area contributed by atoms with E-state index in [1.165, 1.54) is 187 Å². The quantitative estimate of drug-likeness (QED) is 0.0611. The third kappa shape index (κ3) is 9.72. The van der Waals surface area contributed by atoms with Crippen molar-refractivity contribution in [2.45, 2.75) is 19.4 Å². The summed E-state index contributed by atoms with van der Waals surface area (Å²) < 4.78 is 2.57. The molecule has 0 bridgehead atoms. The van der Waals surface area contributed by atoms with E-state index in [2.05, 4.69) is 366 Å². The van der Waals surface area contributed by atoms with Crippen molar-refractivity contribution in [1.29, 1.82) is 0 Å². The van der Waals surface area contributed by atoms with Gasteiger partial charge in [-0.05, 0) is 192 Å². The summed E-state index contributed by atoms with van der Waals surface area (Å²) in [6, 6.07) is 133. The van der Waals surface area contributed by atoms with Crippen molar-refractivity contribution in [3.8, 4) is 66.8 Å². The van der Waals surface area contributed by atoms with Gasteiger partial charge in [0.05, 0.1) is 0 Å². The molecular formula is C97H68BN3. The first-order chi connectivity index (χ1) is 50.1. The summed E-state index contributed by atoms with van der Waals surface area (Å²) in [5.74, 6) is 0. The first kappa shape index (κ1) is 58.6. The molecule has 18 aromatic rings. The van der Waals surface area contributed by atoms with Crippen LogP contribution in [0.5, 0.6) is 0 Å².